The molecule has 2 heterocycles. The minimum absolute atomic E-state index is 0.0619. The standard InChI is InChI=1S/C19H24ClN5O/c1-24-9-11-25(12-10-24)19-15(3-2-8-21-19)13-23-18(26)14-22-17-6-4-16(20)5-7-17/h2-8,22H,9-14H2,1H3,(H,23,26). The van der Waals surface area contributed by atoms with Crippen LogP contribution in [0.3, 0.4) is 0 Å². The van der Waals surface area contributed by atoms with E-state index in [1.807, 2.05) is 24.3 Å². The molecule has 2 aromatic rings. The van der Waals surface area contributed by atoms with Gasteiger partial charge in [0, 0.05) is 55.2 Å². The van der Waals surface area contributed by atoms with Gasteiger partial charge in [-0.2, -0.15) is 0 Å². The molecule has 138 valence electrons. The smallest absolute Gasteiger partial charge is 0.239 e. The second-order valence-electron chi connectivity index (χ2n) is 6.41. The number of likely N-dealkylation sites (N-methyl/N-ethyl adjacent to an activating group) is 1. The van der Waals surface area contributed by atoms with Crippen LogP contribution in [0.1, 0.15) is 5.56 Å². The average Bonchev–Trinajstić information content (AvgIpc) is 2.67. The number of pyridine rings is 1. The zero-order valence-corrected chi connectivity index (χ0v) is 15.7. The molecule has 1 fully saturated rings. The predicted molar refractivity (Wildman–Crippen MR) is 106 cm³/mol. The molecule has 3 rings (SSSR count). The monoisotopic (exact) mass is 373 g/mol. The fourth-order valence-electron chi connectivity index (χ4n) is 2.88. The number of carbonyl (C=O) groups excluding carboxylic acids is 1. The number of halogens is 1. The maximum Gasteiger partial charge on any atom is 0.239 e. The molecule has 7 heteroatoms. The van der Waals surface area contributed by atoms with Crippen LogP contribution < -0.4 is 15.5 Å². The summed E-state index contributed by atoms with van der Waals surface area (Å²) in [6.07, 6.45) is 1.81. The number of anilines is 2. The highest BCUT2D eigenvalue weighted by Crippen LogP contribution is 2.18. The van der Waals surface area contributed by atoms with Crippen molar-refractivity contribution in [1.29, 1.82) is 0 Å². The number of benzene rings is 1. The second kappa shape index (κ2) is 8.87. The lowest BCUT2D eigenvalue weighted by Gasteiger charge is -2.34. The molecule has 1 aliphatic rings. The lowest BCUT2D eigenvalue weighted by atomic mass is 10.2. The van der Waals surface area contributed by atoms with Gasteiger partial charge >= 0.3 is 0 Å². The van der Waals surface area contributed by atoms with Gasteiger partial charge in [0.1, 0.15) is 5.82 Å². The molecule has 1 amide bonds. The Morgan fingerprint density at radius 2 is 1.88 bits per heavy atom. The Balaban J connectivity index is 1.52. The van der Waals surface area contributed by atoms with Crippen LogP contribution in [-0.4, -0.2) is 55.6 Å². The highest BCUT2D eigenvalue weighted by Gasteiger charge is 2.18. The zero-order chi connectivity index (χ0) is 18.4. The zero-order valence-electron chi connectivity index (χ0n) is 14.9. The predicted octanol–water partition coefficient (Wildman–Crippen LogP) is 2.22. The third-order valence-electron chi connectivity index (χ3n) is 4.44. The molecular weight excluding hydrogens is 350 g/mol. The summed E-state index contributed by atoms with van der Waals surface area (Å²) in [7, 11) is 2.13. The molecule has 1 aromatic heterocycles. The molecule has 0 aliphatic carbocycles. The summed E-state index contributed by atoms with van der Waals surface area (Å²) in [5.74, 6) is 0.902. The normalized spacial score (nSPS) is 14.9. The summed E-state index contributed by atoms with van der Waals surface area (Å²) < 4.78 is 0. The van der Waals surface area contributed by atoms with E-state index in [-0.39, 0.29) is 12.5 Å². The van der Waals surface area contributed by atoms with Crippen LogP contribution in [0.2, 0.25) is 5.02 Å². The van der Waals surface area contributed by atoms with Crippen molar-refractivity contribution in [1.82, 2.24) is 15.2 Å². The average molecular weight is 374 g/mol. The Morgan fingerprint density at radius 3 is 2.62 bits per heavy atom. The fraction of sp³-hybridized carbons (Fsp3) is 0.368. The Kier molecular flexibility index (Phi) is 6.30. The molecule has 1 aliphatic heterocycles. The molecule has 0 spiro atoms. The minimum atomic E-state index is -0.0619. The van der Waals surface area contributed by atoms with E-state index in [1.54, 1.807) is 18.3 Å². The van der Waals surface area contributed by atoms with Crippen LogP contribution in [0.15, 0.2) is 42.6 Å². The molecule has 2 N–H and O–H groups in total. The molecular formula is C19H24ClN5O. The number of carbonyl (C=O) groups is 1. The van der Waals surface area contributed by atoms with Crippen LogP contribution >= 0.6 is 11.6 Å². The van der Waals surface area contributed by atoms with E-state index in [0.717, 1.165) is 43.2 Å². The first-order valence-electron chi connectivity index (χ1n) is 8.75. The summed E-state index contributed by atoms with van der Waals surface area (Å²) in [6.45, 7) is 4.63. The number of nitrogens with zero attached hydrogens (tertiary/aromatic N) is 3. The van der Waals surface area contributed by atoms with Gasteiger partial charge < -0.3 is 20.4 Å². The van der Waals surface area contributed by atoms with E-state index in [4.69, 9.17) is 11.6 Å². The Bertz CT molecular complexity index is 729. The highest BCUT2D eigenvalue weighted by molar-refractivity contribution is 6.30. The van der Waals surface area contributed by atoms with E-state index in [9.17, 15) is 4.79 Å². The maximum atomic E-state index is 12.1. The van der Waals surface area contributed by atoms with Crippen molar-refractivity contribution >= 4 is 29.0 Å². The summed E-state index contributed by atoms with van der Waals surface area (Å²) in [6, 6.07) is 11.2. The second-order valence-corrected chi connectivity index (χ2v) is 6.85. The van der Waals surface area contributed by atoms with Crippen LogP contribution in [0, 0.1) is 0 Å². The van der Waals surface area contributed by atoms with Crippen molar-refractivity contribution in [2.45, 2.75) is 6.54 Å². The number of nitrogens with one attached hydrogen (secondary N) is 2. The van der Waals surface area contributed by atoms with E-state index in [2.05, 4.69) is 32.5 Å². The van der Waals surface area contributed by atoms with Gasteiger partial charge in [-0.3, -0.25) is 4.79 Å². The number of amides is 1. The lowest BCUT2D eigenvalue weighted by molar-refractivity contribution is -0.119. The van der Waals surface area contributed by atoms with Crippen molar-refractivity contribution in [3.63, 3.8) is 0 Å². The number of piperazine rings is 1. The summed E-state index contributed by atoms with van der Waals surface area (Å²) in [5, 5.41) is 6.73. The van der Waals surface area contributed by atoms with Gasteiger partial charge in [0.05, 0.1) is 6.54 Å². The van der Waals surface area contributed by atoms with Gasteiger partial charge in [0.2, 0.25) is 5.91 Å². The fourth-order valence-corrected chi connectivity index (χ4v) is 3.00. The van der Waals surface area contributed by atoms with E-state index in [0.29, 0.717) is 11.6 Å². The van der Waals surface area contributed by atoms with Crippen LogP contribution in [0.25, 0.3) is 0 Å². The van der Waals surface area contributed by atoms with Gasteiger partial charge in [0.15, 0.2) is 0 Å². The summed E-state index contributed by atoms with van der Waals surface area (Å²) in [4.78, 5) is 21.3. The van der Waals surface area contributed by atoms with Crippen molar-refractivity contribution in [3.8, 4) is 0 Å². The van der Waals surface area contributed by atoms with Crippen LogP contribution in [0.5, 0.6) is 0 Å². The number of aromatic nitrogens is 1. The van der Waals surface area contributed by atoms with Gasteiger partial charge in [0.25, 0.3) is 0 Å². The molecule has 0 saturated carbocycles. The number of hydrogen-bond donors (Lipinski definition) is 2. The van der Waals surface area contributed by atoms with Gasteiger partial charge in [-0.15, -0.1) is 0 Å². The molecule has 0 atom stereocenters. The third kappa shape index (κ3) is 5.09. The van der Waals surface area contributed by atoms with E-state index < -0.39 is 0 Å². The van der Waals surface area contributed by atoms with E-state index >= 15 is 0 Å². The maximum absolute atomic E-state index is 12.1. The van der Waals surface area contributed by atoms with Crippen LogP contribution in [-0.2, 0) is 11.3 Å². The first kappa shape index (κ1) is 18.5. The number of hydrogen-bond acceptors (Lipinski definition) is 5. The summed E-state index contributed by atoms with van der Waals surface area (Å²) in [5.41, 5.74) is 1.90. The molecule has 6 nitrogen and oxygen atoms in total. The molecule has 0 unspecified atom stereocenters. The van der Waals surface area contributed by atoms with Gasteiger partial charge in [-0.25, -0.2) is 4.98 Å². The molecule has 1 aromatic carbocycles. The Labute approximate surface area is 159 Å². The first-order chi connectivity index (χ1) is 12.6. The third-order valence-corrected chi connectivity index (χ3v) is 4.70. The number of rotatable bonds is 6. The van der Waals surface area contributed by atoms with Crippen LogP contribution in [0.4, 0.5) is 11.5 Å². The molecule has 0 radical (unpaired) electrons. The SMILES string of the molecule is CN1CCN(c2ncccc2CNC(=O)CNc2ccc(Cl)cc2)CC1. The van der Waals surface area contributed by atoms with Gasteiger partial charge in [-0.1, -0.05) is 17.7 Å². The van der Waals surface area contributed by atoms with Crippen molar-refractivity contribution < 1.29 is 4.79 Å². The largest absolute Gasteiger partial charge is 0.376 e. The highest BCUT2D eigenvalue weighted by atomic mass is 35.5. The molecule has 1 saturated heterocycles. The van der Waals surface area contributed by atoms with Crippen molar-refractivity contribution in [2.24, 2.45) is 0 Å². The first-order valence-corrected chi connectivity index (χ1v) is 9.13. The Morgan fingerprint density at radius 1 is 1.15 bits per heavy atom. The van der Waals surface area contributed by atoms with E-state index in [1.165, 1.54) is 0 Å². The van der Waals surface area contributed by atoms with Gasteiger partial charge in [-0.05, 0) is 37.4 Å². The Hall–Kier alpha value is -2.31. The topological polar surface area (TPSA) is 60.5 Å². The van der Waals surface area contributed by atoms with Crippen molar-refractivity contribution in [3.05, 3.63) is 53.2 Å². The lowest BCUT2D eigenvalue weighted by Crippen LogP contribution is -2.45. The quantitative estimate of drug-likeness (QED) is 0.813. The van der Waals surface area contributed by atoms with Crippen molar-refractivity contribution in [2.75, 3.05) is 50.0 Å². The molecule has 26 heavy (non-hydrogen) atoms. The summed E-state index contributed by atoms with van der Waals surface area (Å²) >= 11 is 5.86. The molecule has 0 bridgehead atoms. The minimum Gasteiger partial charge on any atom is -0.376 e.